The molecule has 0 saturated carbocycles. The summed E-state index contributed by atoms with van der Waals surface area (Å²) in [5.74, 6) is 0.857. The number of aromatic nitrogens is 2. The third-order valence-corrected chi connectivity index (χ3v) is 5.06. The van der Waals surface area contributed by atoms with E-state index in [1.165, 1.54) is 12.1 Å². The number of halogens is 2. The fraction of sp³-hybridized carbons (Fsp3) is 0.200. The summed E-state index contributed by atoms with van der Waals surface area (Å²) < 4.78 is 26.0. The number of ether oxygens (including phenoxy) is 2. The summed E-state index contributed by atoms with van der Waals surface area (Å²) >= 11 is 5.91. The molecule has 6 nitrogen and oxygen atoms in total. The second-order valence-electron chi connectivity index (χ2n) is 6.36. The van der Waals surface area contributed by atoms with Gasteiger partial charge in [-0.05, 0) is 24.3 Å². The Morgan fingerprint density at radius 3 is 2.75 bits per heavy atom. The van der Waals surface area contributed by atoms with Gasteiger partial charge in [-0.15, -0.1) is 0 Å². The van der Waals surface area contributed by atoms with E-state index in [-0.39, 0.29) is 23.3 Å². The number of nitrogens with zero attached hydrogens (tertiary/aromatic N) is 2. The highest BCUT2D eigenvalue weighted by Crippen LogP contribution is 2.42. The summed E-state index contributed by atoms with van der Waals surface area (Å²) in [6.07, 6.45) is 1.82. The lowest BCUT2D eigenvalue weighted by Gasteiger charge is -2.25. The Morgan fingerprint density at radius 1 is 1.21 bits per heavy atom. The average Bonchev–Trinajstić information content (AvgIpc) is 3.12. The highest BCUT2D eigenvalue weighted by Gasteiger charge is 2.33. The number of benzene rings is 2. The van der Waals surface area contributed by atoms with E-state index in [2.05, 4.69) is 10.3 Å². The normalized spacial score (nSPS) is 15.7. The largest absolute Gasteiger partial charge is 0.497 e. The van der Waals surface area contributed by atoms with Crippen LogP contribution in [0.25, 0.3) is 5.69 Å². The third kappa shape index (κ3) is 3.07. The van der Waals surface area contributed by atoms with Crippen LogP contribution in [0.5, 0.6) is 11.5 Å². The number of carbonyl (C=O) groups is 1. The van der Waals surface area contributed by atoms with E-state index in [0.29, 0.717) is 28.7 Å². The van der Waals surface area contributed by atoms with Crippen molar-refractivity contribution in [3.05, 3.63) is 64.8 Å². The van der Waals surface area contributed by atoms with Crippen molar-refractivity contribution in [2.75, 3.05) is 19.5 Å². The molecule has 1 amide bonds. The van der Waals surface area contributed by atoms with Gasteiger partial charge in [0.25, 0.3) is 0 Å². The van der Waals surface area contributed by atoms with Crippen molar-refractivity contribution in [1.29, 1.82) is 0 Å². The number of hydrogen-bond acceptors (Lipinski definition) is 4. The van der Waals surface area contributed by atoms with E-state index in [9.17, 15) is 9.18 Å². The molecular weight excluding hydrogens is 385 g/mol. The molecule has 1 aliphatic rings. The molecule has 0 radical (unpaired) electrons. The fourth-order valence-electron chi connectivity index (χ4n) is 3.40. The van der Waals surface area contributed by atoms with E-state index in [4.69, 9.17) is 21.1 Å². The van der Waals surface area contributed by atoms with Gasteiger partial charge in [0.1, 0.15) is 29.5 Å². The van der Waals surface area contributed by atoms with Crippen molar-refractivity contribution in [2.24, 2.45) is 0 Å². The van der Waals surface area contributed by atoms with Gasteiger partial charge in [-0.3, -0.25) is 9.36 Å². The van der Waals surface area contributed by atoms with Gasteiger partial charge < -0.3 is 14.8 Å². The number of imidazole rings is 1. The van der Waals surface area contributed by atoms with Crippen LogP contribution in [-0.4, -0.2) is 29.7 Å². The Morgan fingerprint density at radius 2 is 2.04 bits per heavy atom. The van der Waals surface area contributed by atoms with Crippen molar-refractivity contribution in [2.45, 2.75) is 12.3 Å². The summed E-state index contributed by atoms with van der Waals surface area (Å²) in [4.78, 5) is 17.0. The minimum atomic E-state index is -0.510. The Kier molecular flexibility index (Phi) is 4.68. The van der Waals surface area contributed by atoms with Crippen LogP contribution in [0.1, 0.15) is 23.6 Å². The molecule has 0 saturated heterocycles. The van der Waals surface area contributed by atoms with Crippen LogP contribution in [0.15, 0.2) is 42.7 Å². The third-order valence-electron chi connectivity index (χ3n) is 4.77. The van der Waals surface area contributed by atoms with Gasteiger partial charge in [0.05, 0.1) is 30.6 Å². The van der Waals surface area contributed by atoms with Crippen molar-refractivity contribution < 1.29 is 18.7 Å². The first-order valence-corrected chi connectivity index (χ1v) is 8.94. The van der Waals surface area contributed by atoms with Crippen LogP contribution < -0.4 is 14.8 Å². The topological polar surface area (TPSA) is 65.4 Å². The van der Waals surface area contributed by atoms with Crippen LogP contribution in [0, 0.1) is 5.82 Å². The van der Waals surface area contributed by atoms with Crippen molar-refractivity contribution in [1.82, 2.24) is 9.55 Å². The molecule has 1 N–H and O–H groups in total. The zero-order chi connectivity index (χ0) is 19.8. The second kappa shape index (κ2) is 7.16. The summed E-state index contributed by atoms with van der Waals surface area (Å²) in [6.45, 7) is 0. The summed E-state index contributed by atoms with van der Waals surface area (Å²) in [6, 6.07) is 9.81. The summed E-state index contributed by atoms with van der Waals surface area (Å²) in [5, 5.41) is 2.86. The predicted molar refractivity (Wildman–Crippen MR) is 103 cm³/mol. The van der Waals surface area contributed by atoms with E-state index in [1.54, 1.807) is 37.2 Å². The SMILES string of the molecule is COc1ccc([C@H]2CC(=O)Nc3c2ncn3-c2ccc(F)c(Cl)c2)c(OC)c1. The number of fused-ring (bicyclic) bond motifs is 1. The monoisotopic (exact) mass is 401 g/mol. The minimum absolute atomic E-state index is 0.00420. The van der Waals surface area contributed by atoms with E-state index < -0.39 is 5.82 Å². The first-order chi connectivity index (χ1) is 13.5. The molecule has 144 valence electrons. The molecule has 1 aliphatic heterocycles. The molecule has 28 heavy (non-hydrogen) atoms. The maximum Gasteiger partial charge on any atom is 0.226 e. The van der Waals surface area contributed by atoms with Gasteiger partial charge >= 0.3 is 0 Å². The van der Waals surface area contributed by atoms with Crippen molar-refractivity contribution in [3.8, 4) is 17.2 Å². The van der Waals surface area contributed by atoms with Crippen LogP contribution >= 0.6 is 11.6 Å². The molecule has 4 rings (SSSR count). The van der Waals surface area contributed by atoms with Gasteiger partial charge in [0, 0.05) is 24.0 Å². The van der Waals surface area contributed by atoms with E-state index >= 15 is 0 Å². The van der Waals surface area contributed by atoms with Gasteiger partial charge in [-0.2, -0.15) is 0 Å². The second-order valence-corrected chi connectivity index (χ2v) is 6.77. The molecule has 0 aliphatic carbocycles. The maximum atomic E-state index is 13.5. The van der Waals surface area contributed by atoms with Crippen molar-refractivity contribution in [3.63, 3.8) is 0 Å². The van der Waals surface area contributed by atoms with Crippen LogP contribution in [-0.2, 0) is 4.79 Å². The number of carbonyl (C=O) groups excluding carboxylic acids is 1. The minimum Gasteiger partial charge on any atom is -0.497 e. The number of amides is 1. The predicted octanol–water partition coefficient (Wildman–Crippen LogP) is 4.16. The quantitative estimate of drug-likeness (QED) is 0.713. The molecule has 2 heterocycles. The molecular formula is C20H17ClFN3O3. The Balaban J connectivity index is 1.82. The van der Waals surface area contributed by atoms with Gasteiger partial charge in [0.2, 0.25) is 5.91 Å². The van der Waals surface area contributed by atoms with E-state index in [1.807, 2.05) is 12.1 Å². The number of nitrogens with one attached hydrogen (secondary N) is 1. The Bertz CT molecular complexity index is 1070. The Labute approximate surface area is 165 Å². The number of rotatable bonds is 4. The summed E-state index contributed by atoms with van der Waals surface area (Å²) in [7, 11) is 3.15. The molecule has 8 heteroatoms. The number of methoxy groups -OCH3 is 2. The zero-order valence-electron chi connectivity index (χ0n) is 15.2. The average molecular weight is 402 g/mol. The van der Waals surface area contributed by atoms with Gasteiger partial charge in [0.15, 0.2) is 0 Å². The molecule has 0 spiro atoms. The highest BCUT2D eigenvalue weighted by molar-refractivity contribution is 6.30. The standard InChI is InChI=1S/C20H17ClFN3O3/c1-27-12-4-5-13(17(8-12)28-2)14-9-18(26)24-20-19(14)23-10-25(20)11-3-6-16(22)15(21)7-11/h3-8,10,14H,9H2,1-2H3,(H,24,26)/t14-/m1/s1. The maximum absolute atomic E-state index is 13.5. The molecule has 0 bridgehead atoms. The van der Waals surface area contributed by atoms with Gasteiger partial charge in [-0.25, -0.2) is 9.37 Å². The lowest BCUT2D eigenvalue weighted by molar-refractivity contribution is -0.116. The lowest BCUT2D eigenvalue weighted by Crippen LogP contribution is -2.25. The molecule has 1 aromatic heterocycles. The molecule has 0 fully saturated rings. The van der Waals surface area contributed by atoms with Crippen LogP contribution in [0.4, 0.5) is 10.2 Å². The molecule has 1 atom stereocenters. The molecule has 0 unspecified atom stereocenters. The molecule has 3 aromatic rings. The fourth-order valence-corrected chi connectivity index (χ4v) is 3.58. The van der Waals surface area contributed by atoms with Gasteiger partial charge in [-0.1, -0.05) is 17.7 Å². The summed E-state index contributed by atoms with van der Waals surface area (Å²) in [5.41, 5.74) is 2.13. The van der Waals surface area contributed by atoms with E-state index in [0.717, 1.165) is 5.56 Å². The highest BCUT2D eigenvalue weighted by atomic mass is 35.5. The number of anilines is 1. The van der Waals surface area contributed by atoms with Crippen LogP contribution in [0.2, 0.25) is 5.02 Å². The zero-order valence-corrected chi connectivity index (χ0v) is 16.0. The molecule has 2 aromatic carbocycles. The van der Waals surface area contributed by atoms with Crippen LogP contribution in [0.3, 0.4) is 0 Å². The Hall–Kier alpha value is -3.06. The first-order valence-electron chi connectivity index (χ1n) is 8.56. The van der Waals surface area contributed by atoms with Crippen molar-refractivity contribution >= 4 is 23.3 Å². The smallest absolute Gasteiger partial charge is 0.226 e. The number of hydrogen-bond donors (Lipinski definition) is 1. The lowest BCUT2D eigenvalue weighted by atomic mass is 9.89. The first kappa shape index (κ1) is 18.3.